The van der Waals surface area contributed by atoms with Gasteiger partial charge in [0.1, 0.15) is 0 Å². The minimum atomic E-state index is -1.07. The van der Waals surface area contributed by atoms with Crippen LogP contribution in [0, 0.1) is 5.92 Å². The molecule has 2 aromatic carbocycles. The second kappa shape index (κ2) is 12.1. The highest BCUT2D eigenvalue weighted by Crippen LogP contribution is 2.35. The first-order valence-electron chi connectivity index (χ1n) is 14.5. The molecule has 5 rings (SSSR count). The molecular weight excluding hydrogens is 516 g/mol. The van der Waals surface area contributed by atoms with Gasteiger partial charge in [0, 0.05) is 36.6 Å². The van der Waals surface area contributed by atoms with Crippen molar-refractivity contribution in [3.63, 3.8) is 0 Å². The standard InChI is InChI=1S/C33H38N4O4/c1-33(2,36-32(40)41)25-14-12-24(13-15-25)31-28(23-7-4-3-5-8-23)20-26(21-34-31)35-29(38)19-22-10-16-27(17-11-22)37-18-6-9-30(37)39/h3-5,7-8,12-15,20-22,27,36H,6,9-11,16-19H2,1-2H3,(H,35,38)(H,40,41)/t22-,27-. The van der Waals surface area contributed by atoms with Crippen molar-refractivity contribution < 1.29 is 19.5 Å². The van der Waals surface area contributed by atoms with Crippen LogP contribution in [-0.2, 0) is 15.1 Å². The van der Waals surface area contributed by atoms with Crippen molar-refractivity contribution in [3.05, 3.63) is 72.4 Å². The number of rotatable bonds is 8. The lowest BCUT2D eigenvalue weighted by Gasteiger charge is -2.34. The van der Waals surface area contributed by atoms with E-state index in [1.165, 1.54) is 0 Å². The van der Waals surface area contributed by atoms with Crippen molar-refractivity contribution in [2.45, 2.75) is 70.4 Å². The predicted molar refractivity (Wildman–Crippen MR) is 159 cm³/mol. The molecule has 2 fully saturated rings. The Morgan fingerprint density at radius 1 is 1.00 bits per heavy atom. The summed E-state index contributed by atoms with van der Waals surface area (Å²) in [6.45, 7) is 4.52. The van der Waals surface area contributed by atoms with E-state index in [-0.39, 0.29) is 11.8 Å². The summed E-state index contributed by atoms with van der Waals surface area (Å²) in [4.78, 5) is 43.2. The van der Waals surface area contributed by atoms with E-state index in [0.29, 0.717) is 30.5 Å². The van der Waals surface area contributed by atoms with Crippen molar-refractivity contribution in [2.75, 3.05) is 11.9 Å². The number of hydrogen-bond acceptors (Lipinski definition) is 4. The quantitative estimate of drug-likeness (QED) is 0.297. The maximum atomic E-state index is 13.0. The fourth-order valence-corrected chi connectivity index (χ4v) is 6.18. The lowest BCUT2D eigenvalue weighted by molar-refractivity contribution is -0.130. The first kappa shape index (κ1) is 28.3. The highest BCUT2D eigenvalue weighted by molar-refractivity contribution is 5.93. The summed E-state index contributed by atoms with van der Waals surface area (Å²) in [6.07, 6.45) is 6.59. The van der Waals surface area contributed by atoms with E-state index in [2.05, 4.69) is 15.5 Å². The molecule has 0 spiro atoms. The maximum absolute atomic E-state index is 13.0. The van der Waals surface area contributed by atoms with Gasteiger partial charge in [-0.25, -0.2) is 4.79 Å². The minimum absolute atomic E-state index is 0.0169. The number of carbonyl (C=O) groups is 3. The van der Waals surface area contributed by atoms with Gasteiger partial charge in [-0.05, 0) is 69.1 Å². The van der Waals surface area contributed by atoms with Gasteiger partial charge in [-0.15, -0.1) is 0 Å². The molecule has 3 aromatic rings. The molecule has 1 saturated carbocycles. The third-order valence-corrected chi connectivity index (χ3v) is 8.40. The Balaban J connectivity index is 1.29. The maximum Gasteiger partial charge on any atom is 0.405 e. The molecule has 3 N–H and O–H groups in total. The number of benzene rings is 2. The number of hydrogen-bond donors (Lipinski definition) is 3. The zero-order chi connectivity index (χ0) is 29.0. The Bertz CT molecular complexity index is 1400. The number of pyridine rings is 1. The van der Waals surface area contributed by atoms with Crippen LogP contribution in [0.3, 0.4) is 0 Å². The van der Waals surface area contributed by atoms with Gasteiger partial charge >= 0.3 is 6.09 Å². The average molecular weight is 555 g/mol. The fraction of sp³-hybridized carbons (Fsp3) is 0.394. The Kier molecular flexibility index (Phi) is 8.38. The number of carboxylic acid groups (broad SMARTS) is 1. The number of nitrogens with zero attached hydrogens (tertiary/aromatic N) is 2. The highest BCUT2D eigenvalue weighted by Gasteiger charge is 2.32. The molecule has 41 heavy (non-hydrogen) atoms. The average Bonchev–Trinajstić information content (AvgIpc) is 3.39. The van der Waals surface area contributed by atoms with E-state index in [1.54, 1.807) is 6.20 Å². The molecule has 0 radical (unpaired) electrons. The number of aromatic nitrogens is 1. The molecule has 0 bridgehead atoms. The van der Waals surface area contributed by atoms with Crippen molar-refractivity contribution in [3.8, 4) is 22.4 Å². The molecule has 2 aliphatic rings. The SMILES string of the molecule is CC(C)(NC(=O)O)c1ccc(-c2ncc(NC(=O)C[C@H]3CC[C@H](N4CCCC4=O)CC3)cc2-c2ccccc2)cc1. The smallest absolute Gasteiger partial charge is 0.405 e. The van der Waals surface area contributed by atoms with E-state index < -0.39 is 11.6 Å². The summed E-state index contributed by atoms with van der Waals surface area (Å²) in [7, 11) is 0. The van der Waals surface area contributed by atoms with Crippen molar-refractivity contribution in [2.24, 2.45) is 5.92 Å². The van der Waals surface area contributed by atoms with Crippen LogP contribution < -0.4 is 10.6 Å². The topological polar surface area (TPSA) is 112 Å². The molecule has 1 aromatic heterocycles. The molecule has 214 valence electrons. The van der Waals surface area contributed by atoms with Gasteiger partial charge in [-0.2, -0.15) is 0 Å². The normalized spacial score (nSPS) is 19.2. The molecule has 8 heteroatoms. The van der Waals surface area contributed by atoms with Crippen LogP contribution >= 0.6 is 0 Å². The second-order valence-electron chi connectivity index (χ2n) is 11.7. The Labute approximate surface area is 241 Å². The van der Waals surface area contributed by atoms with Gasteiger partial charge in [-0.3, -0.25) is 14.6 Å². The summed E-state index contributed by atoms with van der Waals surface area (Å²) in [5, 5.41) is 14.8. The van der Waals surface area contributed by atoms with Gasteiger partial charge in [0.2, 0.25) is 11.8 Å². The number of anilines is 1. The first-order chi connectivity index (χ1) is 19.7. The summed E-state index contributed by atoms with van der Waals surface area (Å²) in [5.41, 5.74) is 4.31. The van der Waals surface area contributed by atoms with Gasteiger partial charge < -0.3 is 20.6 Å². The van der Waals surface area contributed by atoms with Crippen LogP contribution in [0.25, 0.3) is 22.4 Å². The fourth-order valence-electron chi connectivity index (χ4n) is 6.18. The van der Waals surface area contributed by atoms with E-state index in [4.69, 9.17) is 4.98 Å². The van der Waals surface area contributed by atoms with Crippen molar-refractivity contribution in [1.82, 2.24) is 15.2 Å². The highest BCUT2D eigenvalue weighted by atomic mass is 16.4. The molecule has 1 aliphatic carbocycles. The van der Waals surface area contributed by atoms with Crippen LogP contribution in [0.4, 0.5) is 10.5 Å². The molecule has 0 unspecified atom stereocenters. The molecular formula is C33H38N4O4. The Hall–Kier alpha value is -4.20. The lowest BCUT2D eigenvalue weighted by atomic mass is 9.83. The zero-order valence-corrected chi connectivity index (χ0v) is 23.7. The van der Waals surface area contributed by atoms with Crippen LogP contribution in [0.5, 0.6) is 0 Å². The number of amides is 3. The molecule has 8 nitrogen and oxygen atoms in total. The van der Waals surface area contributed by atoms with Gasteiger partial charge in [0.25, 0.3) is 0 Å². The van der Waals surface area contributed by atoms with E-state index >= 15 is 0 Å². The number of likely N-dealkylation sites (tertiary alicyclic amines) is 1. The number of carbonyl (C=O) groups excluding carboxylic acids is 2. The van der Waals surface area contributed by atoms with Gasteiger partial charge in [-0.1, -0.05) is 54.6 Å². The molecule has 0 atom stereocenters. The largest absolute Gasteiger partial charge is 0.465 e. The summed E-state index contributed by atoms with van der Waals surface area (Å²) in [5.74, 6) is 0.589. The van der Waals surface area contributed by atoms with Crippen molar-refractivity contribution >= 4 is 23.6 Å². The third-order valence-electron chi connectivity index (χ3n) is 8.40. The minimum Gasteiger partial charge on any atom is -0.465 e. The van der Waals surface area contributed by atoms with Gasteiger partial charge in [0.05, 0.1) is 23.1 Å². The van der Waals surface area contributed by atoms with Crippen LogP contribution in [0.15, 0.2) is 66.9 Å². The molecule has 1 saturated heterocycles. The zero-order valence-electron chi connectivity index (χ0n) is 23.7. The Morgan fingerprint density at radius 2 is 1.71 bits per heavy atom. The lowest BCUT2D eigenvalue weighted by Crippen LogP contribution is -2.39. The van der Waals surface area contributed by atoms with Crippen LogP contribution in [-0.4, -0.2) is 45.5 Å². The summed E-state index contributed by atoms with van der Waals surface area (Å²) in [6, 6.07) is 19.9. The van der Waals surface area contributed by atoms with Crippen molar-refractivity contribution in [1.29, 1.82) is 0 Å². The van der Waals surface area contributed by atoms with E-state index in [1.807, 2.05) is 74.5 Å². The monoisotopic (exact) mass is 554 g/mol. The summed E-state index contributed by atoms with van der Waals surface area (Å²) < 4.78 is 0. The van der Waals surface area contributed by atoms with E-state index in [9.17, 15) is 19.5 Å². The number of nitrogens with one attached hydrogen (secondary N) is 2. The van der Waals surface area contributed by atoms with Gasteiger partial charge in [0.15, 0.2) is 0 Å². The van der Waals surface area contributed by atoms with E-state index in [0.717, 1.165) is 66.6 Å². The second-order valence-corrected chi connectivity index (χ2v) is 11.7. The van der Waals surface area contributed by atoms with Crippen LogP contribution in [0.1, 0.15) is 64.4 Å². The molecule has 3 amide bonds. The van der Waals surface area contributed by atoms with Crippen LogP contribution in [0.2, 0.25) is 0 Å². The molecule has 2 heterocycles. The summed E-state index contributed by atoms with van der Waals surface area (Å²) >= 11 is 0. The molecule has 1 aliphatic heterocycles. The Morgan fingerprint density at radius 3 is 2.34 bits per heavy atom. The first-order valence-corrected chi connectivity index (χ1v) is 14.5. The predicted octanol–water partition coefficient (Wildman–Crippen LogP) is 6.43. The third kappa shape index (κ3) is 6.76.